The lowest BCUT2D eigenvalue weighted by atomic mass is 9.86. The van der Waals surface area contributed by atoms with E-state index in [-0.39, 0.29) is 5.91 Å². The number of carbonyl (C=O) groups excluding carboxylic acids is 2. The summed E-state index contributed by atoms with van der Waals surface area (Å²) in [7, 11) is 1.36. The Morgan fingerprint density at radius 3 is 2.82 bits per heavy atom. The summed E-state index contributed by atoms with van der Waals surface area (Å²) in [4.78, 5) is 26.0. The van der Waals surface area contributed by atoms with Gasteiger partial charge in [0.15, 0.2) is 0 Å². The third kappa shape index (κ3) is 4.59. The summed E-state index contributed by atoms with van der Waals surface area (Å²) in [6.45, 7) is 2.18. The third-order valence-corrected chi connectivity index (χ3v) is 6.68. The molecule has 28 heavy (non-hydrogen) atoms. The van der Waals surface area contributed by atoms with Crippen LogP contribution in [0.15, 0.2) is 24.3 Å². The fraction of sp³-hybridized carbons (Fsp3) is 0.333. The number of amides is 1. The molecule has 1 unspecified atom stereocenters. The van der Waals surface area contributed by atoms with Gasteiger partial charge in [0, 0.05) is 21.0 Å². The van der Waals surface area contributed by atoms with Crippen molar-refractivity contribution in [3.63, 3.8) is 0 Å². The molecule has 2 aromatic rings. The number of rotatable bonds is 5. The van der Waals surface area contributed by atoms with E-state index >= 15 is 0 Å². The van der Waals surface area contributed by atoms with Crippen LogP contribution in [0.2, 0.25) is 10.0 Å². The van der Waals surface area contributed by atoms with Crippen molar-refractivity contribution in [2.24, 2.45) is 5.92 Å². The minimum Gasteiger partial charge on any atom is -0.465 e. The fourth-order valence-electron chi connectivity index (χ4n) is 3.36. The number of benzene rings is 1. The van der Waals surface area contributed by atoms with Gasteiger partial charge in [-0.05, 0) is 54.5 Å². The number of esters is 1. The highest BCUT2D eigenvalue weighted by Crippen LogP contribution is 2.40. The number of methoxy groups -OCH3 is 1. The van der Waals surface area contributed by atoms with Crippen LogP contribution in [0.3, 0.4) is 0 Å². The summed E-state index contributed by atoms with van der Waals surface area (Å²) in [6, 6.07) is 5.06. The maximum Gasteiger partial charge on any atom is 0.341 e. The molecule has 4 nitrogen and oxygen atoms in total. The average Bonchev–Trinajstić information content (AvgIpc) is 3.03. The van der Waals surface area contributed by atoms with Gasteiger partial charge in [0.2, 0.25) is 5.91 Å². The number of carbonyl (C=O) groups is 2. The van der Waals surface area contributed by atoms with E-state index in [0.29, 0.717) is 32.1 Å². The molecule has 7 heteroatoms. The molecule has 1 atom stereocenters. The zero-order valence-electron chi connectivity index (χ0n) is 15.7. The molecule has 1 aromatic carbocycles. The normalized spacial score (nSPS) is 16.1. The van der Waals surface area contributed by atoms with Crippen LogP contribution in [0.1, 0.15) is 46.1 Å². The second kappa shape index (κ2) is 9.12. The second-order valence-electron chi connectivity index (χ2n) is 6.70. The number of hydrogen-bond donors (Lipinski definition) is 1. The smallest absolute Gasteiger partial charge is 0.341 e. The molecule has 0 saturated carbocycles. The molecule has 148 valence electrons. The largest absolute Gasteiger partial charge is 0.465 e. The Labute approximate surface area is 178 Å². The lowest BCUT2D eigenvalue weighted by Crippen LogP contribution is -2.15. The maximum absolute atomic E-state index is 12.4. The van der Waals surface area contributed by atoms with Gasteiger partial charge >= 0.3 is 5.97 Å². The predicted molar refractivity (Wildman–Crippen MR) is 116 cm³/mol. The SMILES string of the molecule is CCC1CCc2c(sc(NC(=O)C=Cc3ccc(Cl)cc3Cl)c2C(=O)OC)C1. The lowest BCUT2D eigenvalue weighted by Gasteiger charge is -2.20. The van der Waals surface area contributed by atoms with Crippen LogP contribution in [0.25, 0.3) is 6.08 Å². The first-order chi connectivity index (χ1) is 13.4. The first-order valence-corrected chi connectivity index (χ1v) is 10.7. The van der Waals surface area contributed by atoms with Crippen molar-refractivity contribution in [2.75, 3.05) is 12.4 Å². The van der Waals surface area contributed by atoms with Crippen molar-refractivity contribution >= 4 is 57.5 Å². The molecule has 0 radical (unpaired) electrons. The molecule has 0 spiro atoms. The average molecular weight is 438 g/mol. The predicted octanol–water partition coefficient (Wildman–Crippen LogP) is 6.01. The van der Waals surface area contributed by atoms with E-state index in [0.717, 1.165) is 31.2 Å². The topological polar surface area (TPSA) is 55.4 Å². The Bertz CT molecular complexity index is 936. The highest BCUT2D eigenvalue weighted by atomic mass is 35.5. The number of hydrogen-bond acceptors (Lipinski definition) is 4. The van der Waals surface area contributed by atoms with Gasteiger partial charge in [0.05, 0.1) is 12.7 Å². The number of fused-ring (bicyclic) bond motifs is 1. The Morgan fingerprint density at radius 2 is 2.14 bits per heavy atom. The number of halogens is 2. The molecule has 0 aliphatic heterocycles. The number of thiophene rings is 1. The van der Waals surface area contributed by atoms with Crippen LogP contribution in [0, 0.1) is 5.92 Å². The summed E-state index contributed by atoms with van der Waals surface area (Å²) >= 11 is 13.5. The van der Waals surface area contributed by atoms with Gasteiger partial charge in [0.1, 0.15) is 5.00 Å². The zero-order valence-corrected chi connectivity index (χ0v) is 18.0. The van der Waals surface area contributed by atoms with E-state index in [2.05, 4.69) is 12.2 Å². The van der Waals surface area contributed by atoms with E-state index in [1.165, 1.54) is 29.4 Å². The van der Waals surface area contributed by atoms with Crippen molar-refractivity contribution in [3.8, 4) is 0 Å². The molecule has 1 N–H and O–H groups in total. The number of anilines is 1. The molecule has 1 heterocycles. The van der Waals surface area contributed by atoms with Crippen LogP contribution in [-0.2, 0) is 22.4 Å². The van der Waals surface area contributed by atoms with E-state index in [4.69, 9.17) is 27.9 Å². The fourth-order valence-corrected chi connectivity index (χ4v) is 5.19. The van der Waals surface area contributed by atoms with Crippen molar-refractivity contribution in [3.05, 3.63) is 55.9 Å². The number of nitrogens with one attached hydrogen (secondary N) is 1. The highest BCUT2D eigenvalue weighted by molar-refractivity contribution is 7.17. The summed E-state index contributed by atoms with van der Waals surface area (Å²) < 4.78 is 4.96. The van der Waals surface area contributed by atoms with Crippen LogP contribution >= 0.6 is 34.5 Å². The second-order valence-corrected chi connectivity index (χ2v) is 8.65. The lowest BCUT2D eigenvalue weighted by molar-refractivity contribution is -0.111. The van der Waals surface area contributed by atoms with E-state index in [1.807, 2.05) is 0 Å². The minimum atomic E-state index is -0.410. The molecule has 1 aliphatic rings. The van der Waals surface area contributed by atoms with Gasteiger partial charge in [-0.2, -0.15) is 0 Å². The summed E-state index contributed by atoms with van der Waals surface area (Å²) in [5.41, 5.74) is 2.19. The minimum absolute atomic E-state index is 0.332. The van der Waals surface area contributed by atoms with Gasteiger partial charge in [-0.15, -0.1) is 11.3 Å². The number of ether oxygens (including phenoxy) is 1. The van der Waals surface area contributed by atoms with Gasteiger partial charge in [0.25, 0.3) is 0 Å². The van der Waals surface area contributed by atoms with Crippen molar-refractivity contribution in [1.82, 2.24) is 0 Å². The maximum atomic E-state index is 12.4. The Morgan fingerprint density at radius 1 is 1.36 bits per heavy atom. The van der Waals surface area contributed by atoms with E-state index < -0.39 is 5.97 Å². The first kappa shape index (κ1) is 20.9. The van der Waals surface area contributed by atoms with Crippen LogP contribution in [0.5, 0.6) is 0 Å². The summed E-state index contributed by atoms with van der Waals surface area (Å²) in [5, 5.41) is 4.38. The monoisotopic (exact) mass is 437 g/mol. The molecule has 0 fully saturated rings. The molecule has 1 amide bonds. The summed E-state index contributed by atoms with van der Waals surface area (Å²) in [5.74, 6) is -0.124. The standard InChI is InChI=1S/C21H21Cl2NO3S/c1-3-12-4-8-15-17(10-12)28-20(19(15)21(26)27-2)24-18(25)9-6-13-5-7-14(22)11-16(13)23/h5-7,9,11-12H,3-4,8,10H2,1-2H3,(H,24,25). The first-order valence-electron chi connectivity index (χ1n) is 9.09. The molecular formula is C21H21Cl2NO3S. The molecular weight excluding hydrogens is 417 g/mol. The molecule has 1 aliphatic carbocycles. The molecule has 3 rings (SSSR count). The van der Waals surface area contributed by atoms with Gasteiger partial charge in [-0.25, -0.2) is 4.79 Å². The molecule has 0 bridgehead atoms. The Balaban J connectivity index is 1.83. The highest BCUT2D eigenvalue weighted by Gasteiger charge is 2.29. The van der Waals surface area contributed by atoms with Gasteiger partial charge in [-0.3, -0.25) is 4.79 Å². The van der Waals surface area contributed by atoms with Crippen LogP contribution in [-0.4, -0.2) is 19.0 Å². The van der Waals surface area contributed by atoms with Crippen LogP contribution in [0.4, 0.5) is 5.00 Å². The van der Waals surface area contributed by atoms with Crippen molar-refractivity contribution in [1.29, 1.82) is 0 Å². The molecule has 1 aromatic heterocycles. The zero-order chi connectivity index (χ0) is 20.3. The Kier molecular flexibility index (Phi) is 6.81. The van der Waals surface area contributed by atoms with E-state index in [9.17, 15) is 9.59 Å². The quantitative estimate of drug-likeness (QED) is 0.460. The Hall–Kier alpha value is -1.82. The molecule has 0 saturated heterocycles. The van der Waals surface area contributed by atoms with Crippen molar-refractivity contribution < 1.29 is 14.3 Å². The van der Waals surface area contributed by atoms with Gasteiger partial charge < -0.3 is 10.1 Å². The van der Waals surface area contributed by atoms with Crippen LogP contribution < -0.4 is 5.32 Å². The van der Waals surface area contributed by atoms with E-state index in [1.54, 1.807) is 24.3 Å². The van der Waals surface area contributed by atoms with Gasteiger partial charge in [-0.1, -0.05) is 42.6 Å². The third-order valence-electron chi connectivity index (χ3n) is 4.95. The van der Waals surface area contributed by atoms with Crippen molar-refractivity contribution in [2.45, 2.75) is 32.6 Å². The summed E-state index contributed by atoms with van der Waals surface area (Å²) in [6.07, 6.45) is 6.94.